The van der Waals surface area contributed by atoms with Crippen LogP contribution in [0.15, 0.2) is 29.2 Å². The van der Waals surface area contributed by atoms with Crippen LogP contribution in [-0.2, 0) is 10.0 Å². The predicted octanol–water partition coefficient (Wildman–Crippen LogP) is 3.10. The molecule has 1 heterocycles. The van der Waals surface area contributed by atoms with E-state index < -0.39 is 10.0 Å². The zero-order chi connectivity index (χ0) is 20.9. The van der Waals surface area contributed by atoms with Gasteiger partial charge in [0, 0.05) is 44.3 Å². The molecule has 2 fully saturated rings. The molecule has 0 atom stereocenters. The lowest BCUT2D eigenvalue weighted by Gasteiger charge is -2.33. The molecular weight excluding hydrogens is 386 g/mol. The molecule has 0 radical (unpaired) electrons. The summed E-state index contributed by atoms with van der Waals surface area (Å²) in [6, 6.07) is 6.49. The molecule has 1 amide bonds. The number of nitrogens with zero attached hydrogens (tertiary/aromatic N) is 2. The smallest absolute Gasteiger partial charge is 0.251 e. The molecule has 3 rings (SSSR count). The maximum Gasteiger partial charge on any atom is 0.251 e. The summed E-state index contributed by atoms with van der Waals surface area (Å²) >= 11 is 0. The second kappa shape index (κ2) is 10.0. The summed E-state index contributed by atoms with van der Waals surface area (Å²) in [5.74, 6) is 0.748. The van der Waals surface area contributed by atoms with Gasteiger partial charge in [0.2, 0.25) is 10.0 Å². The van der Waals surface area contributed by atoms with E-state index in [0.29, 0.717) is 18.7 Å². The van der Waals surface area contributed by atoms with Gasteiger partial charge in [-0.3, -0.25) is 4.79 Å². The van der Waals surface area contributed by atoms with Crippen molar-refractivity contribution < 1.29 is 13.2 Å². The lowest BCUT2D eigenvalue weighted by atomic mass is 10.0. The van der Waals surface area contributed by atoms with Gasteiger partial charge in [-0.1, -0.05) is 26.7 Å². The summed E-state index contributed by atoms with van der Waals surface area (Å²) in [6.07, 6.45) is 7.46. The number of hydrogen-bond acceptors (Lipinski definition) is 4. The average molecular weight is 422 g/mol. The first-order valence-electron chi connectivity index (χ1n) is 11.1. The van der Waals surface area contributed by atoms with Crippen molar-refractivity contribution in [2.75, 3.05) is 32.7 Å². The van der Waals surface area contributed by atoms with Crippen molar-refractivity contribution in [2.24, 2.45) is 5.92 Å². The first-order valence-corrected chi connectivity index (χ1v) is 12.5. The minimum absolute atomic E-state index is 0.119. The standard InChI is InChI=1S/C22H35N3O3S/c1-3-25(4-2)29(27,28)21-11-9-19(10-12-21)22(26)23-20-13-15-24(16-14-20)17-18-7-5-6-8-18/h9-12,18,20H,3-8,13-17H2,1-2H3,(H,23,26). The van der Waals surface area contributed by atoms with Crippen LogP contribution in [0.4, 0.5) is 0 Å². The molecule has 6 nitrogen and oxygen atoms in total. The normalized spacial score (nSPS) is 19.7. The number of benzene rings is 1. The number of amides is 1. The molecule has 2 aliphatic rings. The van der Waals surface area contributed by atoms with E-state index in [-0.39, 0.29) is 16.8 Å². The first-order chi connectivity index (χ1) is 13.9. The molecule has 1 saturated carbocycles. The van der Waals surface area contributed by atoms with E-state index in [1.807, 2.05) is 13.8 Å². The number of piperidine rings is 1. The monoisotopic (exact) mass is 421 g/mol. The second-order valence-corrected chi connectivity index (χ2v) is 10.3. The van der Waals surface area contributed by atoms with E-state index in [1.165, 1.54) is 48.7 Å². The maximum absolute atomic E-state index is 12.6. The number of carbonyl (C=O) groups excluding carboxylic acids is 1. The molecule has 1 aliphatic heterocycles. The van der Waals surface area contributed by atoms with Crippen LogP contribution in [0.3, 0.4) is 0 Å². The predicted molar refractivity (Wildman–Crippen MR) is 115 cm³/mol. The number of nitrogens with one attached hydrogen (secondary N) is 1. The molecule has 7 heteroatoms. The van der Waals surface area contributed by atoms with Crippen LogP contribution < -0.4 is 5.32 Å². The van der Waals surface area contributed by atoms with E-state index in [4.69, 9.17) is 0 Å². The average Bonchev–Trinajstić information content (AvgIpc) is 3.23. The Morgan fingerprint density at radius 2 is 1.62 bits per heavy atom. The van der Waals surface area contributed by atoms with E-state index >= 15 is 0 Å². The molecule has 1 aromatic carbocycles. The highest BCUT2D eigenvalue weighted by Crippen LogP contribution is 2.26. The first kappa shape index (κ1) is 22.2. The highest BCUT2D eigenvalue weighted by atomic mass is 32.2. The Bertz CT molecular complexity index is 761. The van der Waals surface area contributed by atoms with Crippen LogP contribution >= 0.6 is 0 Å². The lowest BCUT2D eigenvalue weighted by molar-refractivity contribution is 0.0905. The van der Waals surface area contributed by atoms with Gasteiger partial charge in [0.05, 0.1) is 4.90 Å². The molecule has 1 N–H and O–H groups in total. The molecule has 0 bridgehead atoms. The molecule has 0 unspecified atom stereocenters. The minimum Gasteiger partial charge on any atom is -0.349 e. The Balaban J connectivity index is 1.51. The summed E-state index contributed by atoms with van der Waals surface area (Å²) in [5.41, 5.74) is 0.511. The maximum atomic E-state index is 12.6. The Morgan fingerprint density at radius 3 is 2.17 bits per heavy atom. The van der Waals surface area contributed by atoms with Gasteiger partial charge >= 0.3 is 0 Å². The van der Waals surface area contributed by atoms with Gasteiger partial charge in [-0.15, -0.1) is 0 Å². The highest BCUT2D eigenvalue weighted by molar-refractivity contribution is 7.89. The summed E-state index contributed by atoms with van der Waals surface area (Å²) in [5, 5.41) is 3.13. The molecule has 1 aliphatic carbocycles. The van der Waals surface area contributed by atoms with Gasteiger partial charge in [-0.2, -0.15) is 4.31 Å². The van der Waals surface area contributed by atoms with Crippen molar-refractivity contribution in [1.82, 2.24) is 14.5 Å². The molecule has 1 aromatic rings. The van der Waals surface area contributed by atoms with Gasteiger partial charge in [-0.05, 0) is 55.9 Å². The van der Waals surface area contributed by atoms with Crippen LogP contribution in [0.25, 0.3) is 0 Å². The number of rotatable bonds is 8. The Morgan fingerprint density at radius 1 is 1.03 bits per heavy atom. The van der Waals surface area contributed by atoms with Crippen LogP contribution in [-0.4, -0.2) is 62.3 Å². The SMILES string of the molecule is CCN(CC)S(=O)(=O)c1ccc(C(=O)NC2CCN(CC3CCCC3)CC2)cc1. The van der Waals surface area contributed by atoms with E-state index in [9.17, 15) is 13.2 Å². The van der Waals surface area contributed by atoms with E-state index in [0.717, 1.165) is 31.8 Å². The third-order valence-electron chi connectivity index (χ3n) is 6.37. The molecule has 1 saturated heterocycles. The summed E-state index contributed by atoms with van der Waals surface area (Å²) in [4.78, 5) is 15.4. The van der Waals surface area contributed by atoms with Crippen LogP contribution in [0.1, 0.15) is 62.7 Å². The van der Waals surface area contributed by atoms with Crippen LogP contribution in [0.5, 0.6) is 0 Å². The van der Waals surface area contributed by atoms with E-state index in [2.05, 4.69) is 10.2 Å². The van der Waals surface area contributed by atoms with Crippen molar-refractivity contribution in [1.29, 1.82) is 0 Å². The third kappa shape index (κ3) is 5.58. The topological polar surface area (TPSA) is 69.7 Å². The molecule has 0 spiro atoms. The minimum atomic E-state index is -3.49. The van der Waals surface area contributed by atoms with Crippen LogP contribution in [0, 0.1) is 5.92 Å². The Kier molecular flexibility index (Phi) is 7.71. The van der Waals surface area contributed by atoms with Gasteiger partial charge in [0.1, 0.15) is 0 Å². The highest BCUT2D eigenvalue weighted by Gasteiger charge is 2.25. The van der Waals surface area contributed by atoms with Crippen molar-refractivity contribution in [3.63, 3.8) is 0 Å². The van der Waals surface area contributed by atoms with E-state index in [1.54, 1.807) is 12.1 Å². The lowest BCUT2D eigenvalue weighted by Crippen LogP contribution is -2.45. The quantitative estimate of drug-likeness (QED) is 0.700. The largest absolute Gasteiger partial charge is 0.349 e. The fourth-order valence-electron chi connectivity index (χ4n) is 4.58. The van der Waals surface area contributed by atoms with Gasteiger partial charge in [0.15, 0.2) is 0 Å². The van der Waals surface area contributed by atoms with Crippen molar-refractivity contribution in [3.8, 4) is 0 Å². The van der Waals surface area contributed by atoms with Gasteiger partial charge < -0.3 is 10.2 Å². The Labute approximate surface area is 175 Å². The Hall–Kier alpha value is -1.44. The third-order valence-corrected chi connectivity index (χ3v) is 8.44. The number of carbonyl (C=O) groups is 1. The summed E-state index contributed by atoms with van der Waals surface area (Å²) in [7, 11) is -3.49. The summed E-state index contributed by atoms with van der Waals surface area (Å²) in [6.45, 7) is 7.80. The number of likely N-dealkylation sites (tertiary alicyclic amines) is 1. The van der Waals surface area contributed by atoms with Crippen molar-refractivity contribution >= 4 is 15.9 Å². The second-order valence-electron chi connectivity index (χ2n) is 8.31. The van der Waals surface area contributed by atoms with Crippen molar-refractivity contribution in [3.05, 3.63) is 29.8 Å². The fraction of sp³-hybridized carbons (Fsp3) is 0.682. The fourth-order valence-corrected chi connectivity index (χ4v) is 6.04. The number of hydrogen-bond donors (Lipinski definition) is 1. The molecular formula is C22H35N3O3S. The zero-order valence-electron chi connectivity index (χ0n) is 17.8. The summed E-state index contributed by atoms with van der Waals surface area (Å²) < 4.78 is 26.6. The molecule has 0 aromatic heterocycles. The van der Waals surface area contributed by atoms with Crippen LogP contribution in [0.2, 0.25) is 0 Å². The number of sulfonamides is 1. The van der Waals surface area contributed by atoms with Gasteiger partial charge in [-0.25, -0.2) is 8.42 Å². The van der Waals surface area contributed by atoms with Crippen molar-refractivity contribution in [2.45, 2.75) is 63.3 Å². The van der Waals surface area contributed by atoms with Gasteiger partial charge in [0.25, 0.3) is 5.91 Å². The molecule has 29 heavy (non-hydrogen) atoms. The molecule has 162 valence electrons. The zero-order valence-corrected chi connectivity index (χ0v) is 18.6.